The standard InChI is InChI=1S/C4H5OS/c5-6-3-1-2-4-6/h1-4,6H. The summed E-state index contributed by atoms with van der Waals surface area (Å²) < 4.78 is 10.2. The fourth-order valence-electron chi connectivity index (χ4n) is 0.319. The highest BCUT2D eigenvalue weighted by Crippen LogP contribution is 2.27. The number of thiol groups is 1. The van der Waals surface area contributed by atoms with Crippen molar-refractivity contribution in [1.82, 2.24) is 0 Å². The zero-order valence-electron chi connectivity index (χ0n) is 3.16. The summed E-state index contributed by atoms with van der Waals surface area (Å²) in [5, 5.41) is 3.35. The van der Waals surface area contributed by atoms with Gasteiger partial charge in [0.2, 0.25) is 0 Å². The van der Waals surface area contributed by atoms with Gasteiger partial charge in [0, 0.05) is 0 Å². The van der Waals surface area contributed by atoms with Crippen LogP contribution in [0, 0.1) is 0 Å². The van der Waals surface area contributed by atoms with E-state index in [-0.39, 0.29) is 0 Å². The minimum absolute atomic E-state index is 1.08. The second-order valence-electron chi connectivity index (χ2n) is 1.04. The van der Waals surface area contributed by atoms with Crippen LogP contribution in [0.3, 0.4) is 0 Å². The van der Waals surface area contributed by atoms with Crippen LogP contribution in [0.25, 0.3) is 0 Å². The maximum Gasteiger partial charge on any atom is -0.0196 e. The van der Waals surface area contributed by atoms with Crippen LogP contribution in [-0.4, -0.2) is 0 Å². The molecule has 1 radical (unpaired) electrons. The highest BCUT2D eigenvalue weighted by molar-refractivity contribution is 8.17. The Morgan fingerprint density at radius 1 is 1.17 bits per heavy atom. The van der Waals surface area contributed by atoms with Crippen LogP contribution in [-0.2, 0) is 4.55 Å². The van der Waals surface area contributed by atoms with Gasteiger partial charge in [0.1, 0.15) is 0 Å². The lowest BCUT2D eigenvalue weighted by molar-refractivity contribution is 0.529. The normalized spacial score (nSPS) is 23.2. The molecule has 1 rings (SSSR count). The van der Waals surface area contributed by atoms with Gasteiger partial charge in [0.25, 0.3) is 0 Å². The zero-order valence-corrected chi connectivity index (χ0v) is 4.06. The van der Waals surface area contributed by atoms with E-state index in [1.807, 2.05) is 0 Å². The average Bonchev–Trinajstić information content (AvgIpc) is 1.86. The van der Waals surface area contributed by atoms with Gasteiger partial charge in [-0.15, -0.1) is 0 Å². The summed E-state index contributed by atoms with van der Waals surface area (Å²) in [6.45, 7) is 0. The molecule has 0 atom stereocenters. The smallest absolute Gasteiger partial charge is 0.0196 e. The fraction of sp³-hybridized carbons (Fsp3) is 0. The number of hydrogen-bond donors (Lipinski definition) is 1. The third kappa shape index (κ3) is 0.640. The highest BCUT2D eigenvalue weighted by Gasteiger charge is 1.88. The Morgan fingerprint density at radius 3 is 1.83 bits per heavy atom. The minimum atomic E-state index is -1.08. The molecule has 0 aliphatic carbocycles. The Kier molecular flexibility index (Phi) is 0.986. The Bertz CT molecular complexity index is 83.7. The van der Waals surface area contributed by atoms with E-state index in [4.69, 9.17) is 0 Å². The first-order valence-corrected chi connectivity index (χ1v) is 3.10. The molecule has 2 heteroatoms. The highest BCUT2D eigenvalue weighted by atomic mass is 32.2. The van der Waals surface area contributed by atoms with Crippen molar-refractivity contribution in [2.24, 2.45) is 0 Å². The van der Waals surface area contributed by atoms with Gasteiger partial charge < -0.3 is 0 Å². The van der Waals surface area contributed by atoms with Crippen LogP contribution < -0.4 is 0 Å². The molecule has 0 aromatic carbocycles. The van der Waals surface area contributed by atoms with E-state index >= 15 is 0 Å². The van der Waals surface area contributed by atoms with Gasteiger partial charge in [0.05, 0.1) is 0 Å². The molecule has 1 heterocycles. The molecule has 33 valence electrons. The van der Waals surface area contributed by atoms with Crippen molar-refractivity contribution in [2.45, 2.75) is 0 Å². The summed E-state index contributed by atoms with van der Waals surface area (Å²) in [5.74, 6) is 0. The summed E-state index contributed by atoms with van der Waals surface area (Å²) in [4.78, 5) is 0. The molecular weight excluding hydrogens is 96.1 g/mol. The average molecular weight is 101 g/mol. The summed E-state index contributed by atoms with van der Waals surface area (Å²) in [6.07, 6.45) is 3.58. The first kappa shape index (κ1) is 3.96. The Labute approximate surface area is 39.5 Å². The van der Waals surface area contributed by atoms with Crippen molar-refractivity contribution in [2.75, 3.05) is 0 Å². The lowest BCUT2D eigenvalue weighted by Gasteiger charge is -1.86. The first-order valence-electron chi connectivity index (χ1n) is 1.70. The summed E-state index contributed by atoms with van der Waals surface area (Å²) in [7, 11) is 0. The van der Waals surface area contributed by atoms with Crippen LogP contribution in [0.1, 0.15) is 0 Å². The molecule has 0 N–H and O–H groups in total. The molecule has 0 unspecified atom stereocenters. The van der Waals surface area contributed by atoms with Crippen LogP contribution in [0.5, 0.6) is 0 Å². The van der Waals surface area contributed by atoms with E-state index in [2.05, 4.69) is 0 Å². The number of allylic oxidation sites excluding steroid dienone is 2. The SMILES string of the molecule is [O][SH]1C=CC=C1. The van der Waals surface area contributed by atoms with E-state index in [0.29, 0.717) is 0 Å². The third-order valence-electron chi connectivity index (χ3n) is 0.577. The molecule has 0 bridgehead atoms. The molecular formula is C4H5OS. The van der Waals surface area contributed by atoms with Crippen molar-refractivity contribution >= 4 is 11.2 Å². The van der Waals surface area contributed by atoms with Crippen molar-refractivity contribution < 1.29 is 4.55 Å². The van der Waals surface area contributed by atoms with Crippen molar-refractivity contribution in [1.29, 1.82) is 0 Å². The van der Waals surface area contributed by atoms with Crippen molar-refractivity contribution in [3.05, 3.63) is 23.0 Å². The molecule has 0 aromatic heterocycles. The maximum absolute atomic E-state index is 10.2. The lowest BCUT2D eigenvalue weighted by atomic mass is 10.6. The van der Waals surface area contributed by atoms with Crippen molar-refractivity contribution in [3.63, 3.8) is 0 Å². The van der Waals surface area contributed by atoms with Gasteiger partial charge in [-0.25, -0.2) is 0 Å². The predicted molar refractivity (Wildman–Crippen MR) is 28.0 cm³/mol. The van der Waals surface area contributed by atoms with Crippen LogP contribution in [0.15, 0.2) is 23.0 Å². The first-order chi connectivity index (χ1) is 2.89. The van der Waals surface area contributed by atoms with E-state index in [1.54, 1.807) is 23.0 Å². The monoisotopic (exact) mass is 101 g/mol. The molecule has 0 saturated carbocycles. The van der Waals surface area contributed by atoms with E-state index in [1.165, 1.54) is 0 Å². The summed E-state index contributed by atoms with van der Waals surface area (Å²) >= 11 is -1.08. The minimum Gasteiger partial charge on any atom is -0.170 e. The van der Waals surface area contributed by atoms with Gasteiger partial charge in [-0.2, -0.15) is 4.55 Å². The molecule has 0 fully saturated rings. The third-order valence-corrected chi connectivity index (χ3v) is 1.51. The molecule has 6 heavy (non-hydrogen) atoms. The second-order valence-corrected chi connectivity index (χ2v) is 2.36. The van der Waals surface area contributed by atoms with Crippen LogP contribution in [0.4, 0.5) is 0 Å². The second kappa shape index (κ2) is 1.49. The topological polar surface area (TPSA) is 19.9 Å². The Hall–Kier alpha value is -0.210. The zero-order chi connectivity index (χ0) is 4.41. The summed E-state index contributed by atoms with van der Waals surface area (Å²) in [6, 6.07) is 0. The summed E-state index contributed by atoms with van der Waals surface area (Å²) in [5.41, 5.74) is 0. The fourth-order valence-corrected chi connectivity index (χ4v) is 0.956. The molecule has 1 aliphatic heterocycles. The van der Waals surface area contributed by atoms with Gasteiger partial charge in [-0.1, -0.05) is 23.3 Å². The van der Waals surface area contributed by atoms with E-state index in [0.717, 1.165) is 0 Å². The van der Waals surface area contributed by atoms with E-state index in [9.17, 15) is 4.55 Å². The van der Waals surface area contributed by atoms with Gasteiger partial charge in [0.15, 0.2) is 0 Å². The number of hydrogen-bond acceptors (Lipinski definition) is 0. The van der Waals surface area contributed by atoms with Gasteiger partial charge >= 0.3 is 0 Å². The molecule has 0 amide bonds. The Morgan fingerprint density at radius 2 is 1.67 bits per heavy atom. The van der Waals surface area contributed by atoms with Crippen LogP contribution >= 0.6 is 11.2 Å². The molecule has 1 nitrogen and oxygen atoms in total. The van der Waals surface area contributed by atoms with E-state index < -0.39 is 11.2 Å². The van der Waals surface area contributed by atoms with Crippen LogP contribution in [0.2, 0.25) is 0 Å². The van der Waals surface area contributed by atoms with Crippen molar-refractivity contribution in [3.8, 4) is 0 Å². The number of rotatable bonds is 0. The molecule has 0 saturated heterocycles. The predicted octanol–water partition coefficient (Wildman–Crippen LogP) is 1.37. The lowest BCUT2D eigenvalue weighted by Crippen LogP contribution is -1.48. The Balaban J connectivity index is 2.60. The van der Waals surface area contributed by atoms with Gasteiger partial charge in [-0.3, -0.25) is 0 Å². The molecule has 0 aromatic rings. The van der Waals surface area contributed by atoms with Gasteiger partial charge in [-0.05, 0) is 10.8 Å². The molecule has 1 aliphatic rings. The maximum atomic E-state index is 10.2. The molecule has 0 spiro atoms. The largest absolute Gasteiger partial charge is 0.170 e. The quantitative estimate of drug-likeness (QED) is 0.445.